The highest BCUT2D eigenvalue weighted by atomic mass is 14.7. The van der Waals surface area contributed by atoms with Crippen molar-refractivity contribution in [2.45, 2.75) is 27.2 Å². The third kappa shape index (κ3) is 1.35. The maximum absolute atomic E-state index is 4.19. The number of pyridine rings is 1. The molecule has 1 heterocycles. The maximum atomic E-state index is 4.19. The second kappa shape index (κ2) is 2.82. The Morgan fingerprint density at radius 3 is 2.60 bits per heavy atom. The molecule has 1 aromatic rings. The number of aryl methyl sites for hydroxylation is 3. The zero-order valence-electron chi connectivity index (χ0n) is 6.81. The molecule has 0 fully saturated rings. The Balaban J connectivity index is 3.09. The molecular formula is C9H13N. The number of nitrogens with zero attached hydrogens (tertiary/aromatic N) is 1. The summed E-state index contributed by atoms with van der Waals surface area (Å²) in [5.74, 6) is 0. The average Bonchev–Trinajstić information content (AvgIpc) is 1.94. The summed E-state index contributed by atoms with van der Waals surface area (Å²) in [5.41, 5.74) is 3.82. The van der Waals surface area contributed by atoms with Crippen LogP contribution < -0.4 is 0 Å². The van der Waals surface area contributed by atoms with Gasteiger partial charge in [0.2, 0.25) is 0 Å². The minimum atomic E-state index is 1.11. The zero-order valence-corrected chi connectivity index (χ0v) is 6.81. The standard InChI is InChI=1S/C9H13N/c1-4-9-5-8(3)10-6-7(9)2/h5-6H,4H2,1-3H3. The summed E-state index contributed by atoms with van der Waals surface area (Å²) in [6.07, 6.45) is 3.04. The molecule has 0 unspecified atom stereocenters. The molecular weight excluding hydrogens is 122 g/mol. The van der Waals surface area contributed by atoms with Gasteiger partial charge >= 0.3 is 0 Å². The van der Waals surface area contributed by atoms with E-state index in [1.807, 2.05) is 13.1 Å². The Hall–Kier alpha value is -0.850. The van der Waals surface area contributed by atoms with E-state index in [4.69, 9.17) is 0 Å². The summed E-state index contributed by atoms with van der Waals surface area (Å²) in [6.45, 7) is 6.30. The van der Waals surface area contributed by atoms with Crippen LogP contribution in [-0.2, 0) is 6.42 Å². The van der Waals surface area contributed by atoms with Crippen LogP contribution in [-0.4, -0.2) is 4.98 Å². The predicted molar refractivity (Wildman–Crippen MR) is 43.1 cm³/mol. The van der Waals surface area contributed by atoms with Gasteiger partial charge in [-0.25, -0.2) is 0 Å². The van der Waals surface area contributed by atoms with E-state index in [2.05, 4.69) is 24.9 Å². The van der Waals surface area contributed by atoms with E-state index < -0.39 is 0 Å². The minimum absolute atomic E-state index is 1.11. The van der Waals surface area contributed by atoms with E-state index in [0.29, 0.717) is 0 Å². The van der Waals surface area contributed by atoms with Gasteiger partial charge in [0.25, 0.3) is 0 Å². The predicted octanol–water partition coefficient (Wildman–Crippen LogP) is 2.26. The summed E-state index contributed by atoms with van der Waals surface area (Å²) >= 11 is 0. The van der Waals surface area contributed by atoms with Gasteiger partial charge in [-0.1, -0.05) is 6.92 Å². The molecule has 0 aromatic carbocycles. The average molecular weight is 135 g/mol. The lowest BCUT2D eigenvalue weighted by molar-refractivity contribution is 1.05. The molecule has 54 valence electrons. The monoisotopic (exact) mass is 135 g/mol. The Morgan fingerprint density at radius 1 is 1.40 bits per heavy atom. The van der Waals surface area contributed by atoms with Gasteiger partial charge in [0, 0.05) is 11.9 Å². The fourth-order valence-corrected chi connectivity index (χ4v) is 1.07. The minimum Gasteiger partial charge on any atom is -0.261 e. The molecule has 0 spiro atoms. The van der Waals surface area contributed by atoms with Crippen LogP contribution in [0.5, 0.6) is 0 Å². The van der Waals surface area contributed by atoms with Crippen molar-refractivity contribution in [3.8, 4) is 0 Å². The van der Waals surface area contributed by atoms with Crippen LogP contribution in [0.15, 0.2) is 12.3 Å². The van der Waals surface area contributed by atoms with Crippen LogP contribution in [0, 0.1) is 13.8 Å². The van der Waals surface area contributed by atoms with E-state index in [0.717, 1.165) is 12.1 Å². The Bertz CT molecular complexity index is 228. The summed E-state index contributed by atoms with van der Waals surface area (Å²) in [7, 11) is 0. The number of aromatic nitrogens is 1. The fraction of sp³-hybridized carbons (Fsp3) is 0.444. The second-order valence-corrected chi connectivity index (χ2v) is 2.61. The van der Waals surface area contributed by atoms with Crippen LogP contribution in [0.3, 0.4) is 0 Å². The summed E-state index contributed by atoms with van der Waals surface area (Å²) < 4.78 is 0. The smallest absolute Gasteiger partial charge is 0.0375 e. The van der Waals surface area contributed by atoms with Gasteiger partial charge in [-0.3, -0.25) is 4.98 Å². The molecule has 1 nitrogen and oxygen atoms in total. The van der Waals surface area contributed by atoms with Crippen LogP contribution in [0.1, 0.15) is 23.7 Å². The van der Waals surface area contributed by atoms with E-state index >= 15 is 0 Å². The largest absolute Gasteiger partial charge is 0.261 e. The molecule has 0 saturated carbocycles. The molecule has 1 aromatic heterocycles. The van der Waals surface area contributed by atoms with Crippen molar-refractivity contribution in [1.82, 2.24) is 4.98 Å². The lowest BCUT2D eigenvalue weighted by Crippen LogP contribution is -1.89. The van der Waals surface area contributed by atoms with Gasteiger partial charge in [0.15, 0.2) is 0 Å². The molecule has 1 rings (SSSR count). The molecule has 0 atom stereocenters. The maximum Gasteiger partial charge on any atom is 0.0375 e. The Labute approximate surface area is 62.1 Å². The molecule has 1 heteroatoms. The van der Waals surface area contributed by atoms with Crippen molar-refractivity contribution in [2.75, 3.05) is 0 Å². The highest BCUT2D eigenvalue weighted by Crippen LogP contribution is 2.07. The lowest BCUT2D eigenvalue weighted by Gasteiger charge is -2.01. The first-order chi connectivity index (χ1) is 4.74. The molecule has 0 radical (unpaired) electrons. The second-order valence-electron chi connectivity index (χ2n) is 2.61. The van der Waals surface area contributed by atoms with Crippen LogP contribution in [0.25, 0.3) is 0 Å². The van der Waals surface area contributed by atoms with Crippen LogP contribution >= 0.6 is 0 Å². The SMILES string of the molecule is CCc1cc(C)ncc1C. The highest BCUT2D eigenvalue weighted by Gasteiger charge is 1.94. The molecule has 0 N–H and O–H groups in total. The zero-order chi connectivity index (χ0) is 7.56. The molecule has 0 amide bonds. The quantitative estimate of drug-likeness (QED) is 0.575. The van der Waals surface area contributed by atoms with E-state index in [9.17, 15) is 0 Å². The van der Waals surface area contributed by atoms with Crippen molar-refractivity contribution in [1.29, 1.82) is 0 Å². The molecule has 0 bridgehead atoms. The highest BCUT2D eigenvalue weighted by molar-refractivity contribution is 5.24. The molecule has 0 aliphatic rings. The van der Waals surface area contributed by atoms with Crippen molar-refractivity contribution in [2.24, 2.45) is 0 Å². The first kappa shape index (κ1) is 7.26. The number of hydrogen-bond acceptors (Lipinski definition) is 1. The van der Waals surface area contributed by atoms with Crippen LogP contribution in [0.2, 0.25) is 0 Å². The normalized spacial score (nSPS) is 9.90. The third-order valence-electron chi connectivity index (χ3n) is 1.73. The van der Waals surface area contributed by atoms with Crippen LogP contribution in [0.4, 0.5) is 0 Å². The van der Waals surface area contributed by atoms with Crippen molar-refractivity contribution in [3.05, 3.63) is 29.1 Å². The number of rotatable bonds is 1. The van der Waals surface area contributed by atoms with Gasteiger partial charge in [-0.15, -0.1) is 0 Å². The summed E-state index contributed by atoms with van der Waals surface area (Å²) in [4.78, 5) is 4.19. The van der Waals surface area contributed by atoms with Gasteiger partial charge in [-0.2, -0.15) is 0 Å². The van der Waals surface area contributed by atoms with Crippen molar-refractivity contribution >= 4 is 0 Å². The van der Waals surface area contributed by atoms with E-state index in [-0.39, 0.29) is 0 Å². The first-order valence-corrected chi connectivity index (χ1v) is 3.66. The molecule has 10 heavy (non-hydrogen) atoms. The van der Waals surface area contributed by atoms with Gasteiger partial charge in [-0.05, 0) is 37.5 Å². The summed E-state index contributed by atoms with van der Waals surface area (Å²) in [5, 5.41) is 0. The summed E-state index contributed by atoms with van der Waals surface area (Å²) in [6, 6.07) is 2.15. The Kier molecular flexibility index (Phi) is 2.05. The van der Waals surface area contributed by atoms with Gasteiger partial charge in [0.05, 0.1) is 0 Å². The number of hydrogen-bond donors (Lipinski definition) is 0. The molecule has 0 saturated heterocycles. The lowest BCUT2D eigenvalue weighted by atomic mass is 10.1. The molecule has 0 aliphatic heterocycles. The topological polar surface area (TPSA) is 12.9 Å². The van der Waals surface area contributed by atoms with E-state index in [1.54, 1.807) is 0 Å². The third-order valence-corrected chi connectivity index (χ3v) is 1.73. The van der Waals surface area contributed by atoms with Crippen molar-refractivity contribution in [3.63, 3.8) is 0 Å². The fourth-order valence-electron chi connectivity index (χ4n) is 1.07. The van der Waals surface area contributed by atoms with Gasteiger partial charge < -0.3 is 0 Å². The van der Waals surface area contributed by atoms with Crippen molar-refractivity contribution < 1.29 is 0 Å². The van der Waals surface area contributed by atoms with E-state index in [1.165, 1.54) is 11.1 Å². The Morgan fingerprint density at radius 2 is 2.10 bits per heavy atom. The van der Waals surface area contributed by atoms with Gasteiger partial charge in [0.1, 0.15) is 0 Å². The molecule has 0 aliphatic carbocycles. The first-order valence-electron chi connectivity index (χ1n) is 3.66.